The predicted octanol–water partition coefficient (Wildman–Crippen LogP) is 3.80. The second-order valence-corrected chi connectivity index (χ2v) is 10.9. The van der Waals surface area contributed by atoms with Gasteiger partial charge < -0.3 is 5.73 Å². The number of hydrogen-bond acceptors (Lipinski definition) is 6. The minimum Gasteiger partial charge on any atom is -0.379 e. The smallest absolute Gasteiger partial charge is 0.175 e. The molecular formula is C18H20N2O2S3. The van der Waals surface area contributed by atoms with Gasteiger partial charge in [-0.15, -0.1) is 11.3 Å². The van der Waals surface area contributed by atoms with E-state index < -0.39 is 9.84 Å². The SMILES string of the molecule is CS(=O)(=O)c1cccc(-c2cc3c(s2)CCCC32CCSC(N)=N2)c1. The summed E-state index contributed by atoms with van der Waals surface area (Å²) >= 11 is 3.40. The van der Waals surface area contributed by atoms with E-state index in [0.717, 1.165) is 41.9 Å². The molecule has 1 aliphatic heterocycles. The third-order valence-corrected chi connectivity index (χ3v) is 8.09. The molecule has 1 aliphatic carbocycles. The Bertz CT molecular complexity index is 962. The molecule has 1 aromatic carbocycles. The van der Waals surface area contributed by atoms with Crippen LogP contribution >= 0.6 is 23.1 Å². The van der Waals surface area contributed by atoms with Gasteiger partial charge in [0.1, 0.15) is 0 Å². The van der Waals surface area contributed by atoms with Crippen LogP contribution in [0.1, 0.15) is 29.7 Å². The Morgan fingerprint density at radius 2 is 2.08 bits per heavy atom. The molecule has 0 fully saturated rings. The topological polar surface area (TPSA) is 72.5 Å². The fourth-order valence-electron chi connectivity index (χ4n) is 3.71. The van der Waals surface area contributed by atoms with Gasteiger partial charge in [-0.1, -0.05) is 23.9 Å². The lowest BCUT2D eigenvalue weighted by molar-refractivity contribution is 0.368. The third-order valence-electron chi connectivity index (χ3n) is 4.94. The van der Waals surface area contributed by atoms with Crippen molar-refractivity contribution in [2.24, 2.45) is 10.7 Å². The molecule has 2 aliphatic rings. The number of thiophene rings is 1. The number of amidine groups is 1. The number of fused-ring (bicyclic) bond motifs is 2. The van der Waals surface area contributed by atoms with Crippen LogP contribution in [-0.4, -0.2) is 25.6 Å². The number of aryl methyl sites for hydroxylation is 1. The molecule has 0 radical (unpaired) electrons. The first-order chi connectivity index (χ1) is 11.9. The maximum atomic E-state index is 11.9. The number of nitrogens with zero attached hydrogens (tertiary/aromatic N) is 1. The molecule has 0 saturated heterocycles. The molecule has 0 saturated carbocycles. The molecule has 2 aromatic rings. The molecular weight excluding hydrogens is 372 g/mol. The molecule has 1 spiro atoms. The summed E-state index contributed by atoms with van der Waals surface area (Å²) < 4.78 is 23.7. The third kappa shape index (κ3) is 3.13. The first-order valence-corrected chi connectivity index (χ1v) is 12.0. The number of rotatable bonds is 2. The average molecular weight is 393 g/mol. The molecule has 7 heteroatoms. The van der Waals surface area contributed by atoms with Crippen LogP contribution in [0.2, 0.25) is 0 Å². The first-order valence-electron chi connectivity index (χ1n) is 8.29. The highest BCUT2D eigenvalue weighted by atomic mass is 32.2. The minimum absolute atomic E-state index is 0.174. The van der Waals surface area contributed by atoms with Crippen LogP contribution in [0.25, 0.3) is 10.4 Å². The molecule has 1 unspecified atom stereocenters. The van der Waals surface area contributed by atoms with Crippen LogP contribution in [0, 0.1) is 0 Å². The van der Waals surface area contributed by atoms with Crippen LogP contribution in [0.3, 0.4) is 0 Å². The van der Waals surface area contributed by atoms with Crippen molar-refractivity contribution in [2.45, 2.75) is 36.1 Å². The van der Waals surface area contributed by atoms with Gasteiger partial charge in [0.25, 0.3) is 0 Å². The van der Waals surface area contributed by atoms with Crippen molar-refractivity contribution in [2.75, 3.05) is 12.0 Å². The molecule has 2 heterocycles. The van der Waals surface area contributed by atoms with Crippen LogP contribution in [-0.2, 0) is 21.8 Å². The molecule has 2 N–H and O–H groups in total. The Morgan fingerprint density at radius 1 is 1.24 bits per heavy atom. The van der Waals surface area contributed by atoms with E-state index in [1.807, 2.05) is 12.1 Å². The van der Waals surface area contributed by atoms with E-state index in [-0.39, 0.29) is 5.54 Å². The Labute approximate surface area is 156 Å². The van der Waals surface area contributed by atoms with Gasteiger partial charge in [-0.25, -0.2) is 8.42 Å². The summed E-state index contributed by atoms with van der Waals surface area (Å²) in [5, 5.41) is 0.686. The lowest BCUT2D eigenvalue weighted by Crippen LogP contribution is -2.34. The summed E-state index contributed by atoms with van der Waals surface area (Å²) in [6, 6.07) is 9.43. The summed E-state index contributed by atoms with van der Waals surface area (Å²) in [5.74, 6) is 1.00. The van der Waals surface area contributed by atoms with Crippen molar-refractivity contribution in [1.82, 2.24) is 0 Å². The molecule has 25 heavy (non-hydrogen) atoms. The van der Waals surface area contributed by atoms with Gasteiger partial charge in [0.05, 0.1) is 10.4 Å². The molecule has 0 amide bonds. The summed E-state index contributed by atoms with van der Waals surface area (Å²) in [6.45, 7) is 0. The summed E-state index contributed by atoms with van der Waals surface area (Å²) in [5.41, 5.74) is 8.11. The van der Waals surface area contributed by atoms with Crippen molar-refractivity contribution < 1.29 is 8.42 Å². The second-order valence-electron chi connectivity index (χ2n) is 6.68. The molecule has 1 aromatic heterocycles. The highest BCUT2D eigenvalue weighted by Gasteiger charge is 2.39. The minimum atomic E-state index is -3.21. The van der Waals surface area contributed by atoms with E-state index in [1.165, 1.54) is 16.7 Å². The Hall–Kier alpha value is -1.31. The first kappa shape index (κ1) is 17.1. The maximum Gasteiger partial charge on any atom is 0.175 e. The van der Waals surface area contributed by atoms with E-state index in [9.17, 15) is 8.42 Å². The summed E-state index contributed by atoms with van der Waals surface area (Å²) in [7, 11) is -3.21. The Balaban J connectivity index is 1.81. The average Bonchev–Trinajstić information content (AvgIpc) is 3.00. The van der Waals surface area contributed by atoms with Gasteiger partial charge in [0.15, 0.2) is 15.0 Å². The van der Waals surface area contributed by atoms with Gasteiger partial charge >= 0.3 is 0 Å². The van der Waals surface area contributed by atoms with Crippen LogP contribution in [0.15, 0.2) is 40.2 Å². The number of benzene rings is 1. The molecule has 0 bridgehead atoms. The number of aliphatic imine (C=N–C) groups is 1. The van der Waals surface area contributed by atoms with Crippen molar-refractivity contribution in [3.8, 4) is 10.4 Å². The van der Waals surface area contributed by atoms with Gasteiger partial charge in [0.2, 0.25) is 0 Å². The van der Waals surface area contributed by atoms with Crippen molar-refractivity contribution in [3.63, 3.8) is 0 Å². The standard InChI is InChI=1S/C18H20N2O2S3/c1-25(21,22)13-5-2-4-12(10-13)16-11-14-15(24-16)6-3-7-18(14)8-9-23-17(19)20-18/h2,4-5,10-11H,3,6-9H2,1H3,(H2,19,20). The van der Waals surface area contributed by atoms with Crippen LogP contribution in [0.5, 0.6) is 0 Å². The Morgan fingerprint density at radius 3 is 2.84 bits per heavy atom. The van der Waals surface area contributed by atoms with E-state index >= 15 is 0 Å². The molecule has 4 rings (SSSR count). The lowest BCUT2D eigenvalue weighted by atomic mass is 9.78. The zero-order valence-corrected chi connectivity index (χ0v) is 16.4. The quantitative estimate of drug-likeness (QED) is 0.844. The van der Waals surface area contributed by atoms with Gasteiger partial charge in [-0.3, -0.25) is 4.99 Å². The van der Waals surface area contributed by atoms with Crippen LogP contribution < -0.4 is 5.73 Å². The monoisotopic (exact) mass is 392 g/mol. The lowest BCUT2D eigenvalue weighted by Gasteiger charge is -2.36. The molecule has 132 valence electrons. The van der Waals surface area contributed by atoms with Gasteiger partial charge in [-0.05, 0) is 55.0 Å². The van der Waals surface area contributed by atoms with E-state index in [4.69, 9.17) is 10.7 Å². The van der Waals surface area contributed by atoms with Crippen molar-refractivity contribution >= 4 is 38.1 Å². The number of hydrogen-bond donors (Lipinski definition) is 1. The fourth-order valence-corrected chi connectivity index (χ4v) is 6.55. The van der Waals surface area contributed by atoms with Gasteiger partial charge in [0, 0.05) is 21.8 Å². The van der Waals surface area contributed by atoms with Gasteiger partial charge in [-0.2, -0.15) is 0 Å². The number of sulfone groups is 1. The fraction of sp³-hybridized carbons (Fsp3) is 0.389. The zero-order valence-electron chi connectivity index (χ0n) is 14.0. The van der Waals surface area contributed by atoms with E-state index in [0.29, 0.717) is 10.1 Å². The van der Waals surface area contributed by atoms with Crippen molar-refractivity contribution in [1.29, 1.82) is 0 Å². The molecule has 1 atom stereocenters. The zero-order chi connectivity index (χ0) is 17.7. The summed E-state index contributed by atoms with van der Waals surface area (Å²) in [6.07, 6.45) is 5.50. The number of nitrogens with two attached hydrogens (primary N) is 1. The highest BCUT2D eigenvalue weighted by molar-refractivity contribution is 8.13. The largest absolute Gasteiger partial charge is 0.379 e. The van der Waals surface area contributed by atoms with Crippen LogP contribution in [0.4, 0.5) is 0 Å². The second kappa shape index (κ2) is 6.14. The van der Waals surface area contributed by atoms with Crippen molar-refractivity contribution in [3.05, 3.63) is 40.8 Å². The Kier molecular flexibility index (Phi) is 4.21. The normalized spacial score (nSPS) is 23.3. The highest BCUT2D eigenvalue weighted by Crippen LogP contribution is 2.49. The van der Waals surface area contributed by atoms with E-state index in [2.05, 4.69) is 6.07 Å². The number of thioether (sulfide) groups is 1. The predicted molar refractivity (Wildman–Crippen MR) is 106 cm³/mol. The maximum absolute atomic E-state index is 11.9. The van der Waals surface area contributed by atoms with E-state index in [1.54, 1.807) is 35.2 Å². The molecule has 4 nitrogen and oxygen atoms in total. The summed E-state index contributed by atoms with van der Waals surface area (Å²) in [4.78, 5) is 7.69.